The molecule has 4 rings (SSSR count). The number of carbonyl (C=O) groups excluding carboxylic acids is 3. The summed E-state index contributed by atoms with van der Waals surface area (Å²) in [6, 6.07) is 22.5. The van der Waals surface area contributed by atoms with Gasteiger partial charge in [-0.1, -0.05) is 31.2 Å². The van der Waals surface area contributed by atoms with Gasteiger partial charge in [-0.05, 0) is 72.7 Å². The van der Waals surface area contributed by atoms with E-state index in [4.69, 9.17) is 14.2 Å². The molecule has 10 nitrogen and oxygen atoms in total. The van der Waals surface area contributed by atoms with Crippen LogP contribution in [0.5, 0.6) is 17.2 Å². The van der Waals surface area contributed by atoms with E-state index in [1.54, 1.807) is 85.2 Å². The standard InChI is InChI=1S/C34H34N4O6S/c1-5-30(34(41)36-24-14-16-35-17-15-24)45-26-13-9-12-25(21-26)37-33(40)27(38-32(39)23-10-7-6-8-11-23)18-22-19-28(42-2)31(44-4)29(20-22)43-3/h6-21,30H,5H2,1-4H3,(H,37,40)(H,38,39)(H,35,36,41)/b27-18+. The lowest BCUT2D eigenvalue weighted by atomic mass is 10.1. The average Bonchev–Trinajstić information content (AvgIpc) is 3.07. The van der Waals surface area contributed by atoms with Crippen LogP contribution in [0, 0.1) is 0 Å². The van der Waals surface area contributed by atoms with Crippen molar-refractivity contribution in [1.82, 2.24) is 10.3 Å². The van der Waals surface area contributed by atoms with Crippen molar-refractivity contribution in [2.24, 2.45) is 0 Å². The highest BCUT2D eigenvalue weighted by Gasteiger charge is 2.20. The summed E-state index contributed by atoms with van der Waals surface area (Å²) >= 11 is 1.38. The van der Waals surface area contributed by atoms with Crippen LogP contribution in [-0.4, -0.2) is 49.3 Å². The summed E-state index contributed by atoms with van der Waals surface area (Å²) in [6.45, 7) is 1.94. The smallest absolute Gasteiger partial charge is 0.272 e. The Morgan fingerprint density at radius 1 is 0.822 bits per heavy atom. The van der Waals surface area contributed by atoms with Gasteiger partial charge in [0.2, 0.25) is 11.7 Å². The number of hydrogen-bond acceptors (Lipinski definition) is 8. The Hall–Kier alpha value is -5.29. The summed E-state index contributed by atoms with van der Waals surface area (Å²) in [4.78, 5) is 44.5. The van der Waals surface area contributed by atoms with Crippen LogP contribution < -0.4 is 30.2 Å². The fourth-order valence-corrected chi connectivity index (χ4v) is 5.30. The Morgan fingerprint density at radius 3 is 2.13 bits per heavy atom. The lowest BCUT2D eigenvalue weighted by Crippen LogP contribution is -2.30. The van der Waals surface area contributed by atoms with Crippen LogP contribution >= 0.6 is 11.8 Å². The van der Waals surface area contributed by atoms with Gasteiger partial charge in [-0.25, -0.2) is 0 Å². The number of ether oxygens (including phenoxy) is 3. The first-order valence-electron chi connectivity index (χ1n) is 14.0. The van der Waals surface area contributed by atoms with Crippen molar-refractivity contribution in [3.05, 3.63) is 108 Å². The van der Waals surface area contributed by atoms with Crippen LogP contribution in [0.15, 0.2) is 102 Å². The molecule has 232 valence electrons. The lowest BCUT2D eigenvalue weighted by molar-refractivity contribution is -0.116. The molecule has 0 aliphatic rings. The summed E-state index contributed by atoms with van der Waals surface area (Å²) in [5.74, 6) is 0.0196. The second kappa shape index (κ2) is 16.0. The number of methoxy groups -OCH3 is 3. The van der Waals surface area contributed by atoms with Crippen LogP contribution in [0.2, 0.25) is 0 Å². The normalized spacial score (nSPS) is 11.6. The van der Waals surface area contributed by atoms with Gasteiger partial charge in [-0.2, -0.15) is 0 Å². The number of thioether (sulfide) groups is 1. The maximum atomic E-state index is 13.7. The fourth-order valence-electron chi connectivity index (χ4n) is 4.28. The summed E-state index contributed by atoms with van der Waals surface area (Å²) in [5.41, 5.74) is 2.05. The zero-order valence-corrected chi connectivity index (χ0v) is 26.1. The Morgan fingerprint density at radius 2 is 1.51 bits per heavy atom. The first kappa shape index (κ1) is 32.6. The Labute approximate surface area is 266 Å². The van der Waals surface area contributed by atoms with Crippen molar-refractivity contribution in [3.8, 4) is 17.2 Å². The van der Waals surface area contributed by atoms with E-state index in [-0.39, 0.29) is 16.9 Å². The van der Waals surface area contributed by atoms with E-state index in [1.165, 1.54) is 39.2 Å². The highest BCUT2D eigenvalue weighted by atomic mass is 32.2. The van der Waals surface area contributed by atoms with Crippen LogP contribution in [-0.2, 0) is 9.59 Å². The van der Waals surface area contributed by atoms with Gasteiger partial charge >= 0.3 is 0 Å². The first-order valence-corrected chi connectivity index (χ1v) is 14.9. The predicted octanol–water partition coefficient (Wildman–Crippen LogP) is 6.03. The molecular formula is C34H34N4O6S. The minimum atomic E-state index is -0.558. The van der Waals surface area contributed by atoms with Gasteiger partial charge in [-0.3, -0.25) is 19.4 Å². The summed E-state index contributed by atoms with van der Waals surface area (Å²) in [7, 11) is 4.48. The maximum Gasteiger partial charge on any atom is 0.272 e. The molecule has 3 amide bonds. The van der Waals surface area contributed by atoms with Gasteiger partial charge < -0.3 is 30.2 Å². The molecule has 0 fully saturated rings. The number of nitrogens with one attached hydrogen (secondary N) is 3. The molecule has 1 unspecified atom stereocenters. The van der Waals surface area contributed by atoms with Gasteiger partial charge in [0.05, 0.1) is 26.6 Å². The third-order valence-corrected chi connectivity index (χ3v) is 7.87. The Kier molecular flexibility index (Phi) is 11.6. The zero-order chi connectivity index (χ0) is 32.2. The van der Waals surface area contributed by atoms with E-state index in [2.05, 4.69) is 20.9 Å². The van der Waals surface area contributed by atoms with Crippen molar-refractivity contribution >= 4 is 46.9 Å². The summed E-state index contributed by atoms with van der Waals surface area (Å²) < 4.78 is 16.3. The number of nitrogens with zero attached hydrogens (tertiary/aromatic N) is 1. The molecule has 0 saturated heterocycles. The van der Waals surface area contributed by atoms with Gasteiger partial charge in [0, 0.05) is 34.2 Å². The Bertz CT molecular complexity index is 1640. The SMILES string of the molecule is CCC(Sc1cccc(NC(=O)/C(=C\c2cc(OC)c(OC)c(OC)c2)NC(=O)c2ccccc2)c1)C(=O)Nc1ccncc1. The Balaban J connectivity index is 1.59. The van der Waals surface area contributed by atoms with Crippen molar-refractivity contribution in [2.45, 2.75) is 23.5 Å². The van der Waals surface area contributed by atoms with Crippen LogP contribution in [0.25, 0.3) is 6.08 Å². The molecule has 0 bridgehead atoms. The maximum absolute atomic E-state index is 13.7. The zero-order valence-electron chi connectivity index (χ0n) is 25.3. The predicted molar refractivity (Wildman–Crippen MR) is 176 cm³/mol. The van der Waals surface area contributed by atoms with Crippen molar-refractivity contribution in [1.29, 1.82) is 0 Å². The molecule has 1 heterocycles. The van der Waals surface area contributed by atoms with E-state index in [9.17, 15) is 14.4 Å². The van der Waals surface area contributed by atoms with Crippen molar-refractivity contribution in [3.63, 3.8) is 0 Å². The minimum Gasteiger partial charge on any atom is -0.493 e. The highest BCUT2D eigenvalue weighted by Crippen LogP contribution is 2.38. The molecule has 3 aromatic carbocycles. The summed E-state index contributed by atoms with van der Waals surface area (Å²) in [5, 5.41) is 8.14. The number of hydrogen-bond donors (Lipinski definition) is 3. The van der Waals surface area contributed by atoms with Gasteiger partial charge in [-0.15, -0.1) is 11.8 Å². The van der Waals surface area contributed by atoms with Crippen LogP contribution in [0.4, 0.5) is 11.4 Å². The fraction of sp³-hybridized carbons (Fsp3) is 0.176. The molecule has 45 heavy (non-hydrogen) atoms. The number of amides is 3. The van der Waals surface area contributed by atoms with E-state index in [0.717, 1.165) is 4.90 Å². The molecule has 11 heteroatoms. The topological polar surface area (TPSA) is 128 Å². The minimum absolute atomic E-state index is 0.0145. The third kappa shape index (κ3) is 8.87. The summed E-state index contributed by atoms with van der Waals surface area (Å²) in [6.07, 6.45) is 5.34. The monoisotopic (exact) mass is 626 g/mol. The number of pyridine rings is 1. The van der Waals surface area contributed by atoms with E-state index >= 15 is 0 Å². The van der Waals surface area contributed by atoms with Crippen molar-refractivity contribution in [2.75, 3.05) is 32.0 Å². The van der Waals surface area contributed by atoms with Gasteiger partial charge in [0.25, 0.3) is 11.8 Å². The largest absolute Gasteiger partial charge is 0.493 e. The van der Waals surface area contributed by atoms with E-state index < -0.39 is 11.8 Å². The second-order valence-electron chi connectivity index (χ2n) is 9.56. The molecule has 0 spiro atoms. The molecule has 0 radical (unpaired) electrons. The van der Waals surface area contributed by atoms with E-state index in [0.29, 0.717) is 46.2 Å². The second-order valence-corrected chi connectivity index (χ2v) is 10.8. The number of rotatable bonds is 13. The van der Waals surface area contributed by atoms with Gasteiger partial charge in [0.15, 0.2) is 11.5 Å². The molecule has 3 N–H and O–H groups in total. The number of benzene rings is 3. The molecule has 0 aliphatic carbocycles. The molecular weight excluding hydrogens is 592 g/mol. The van der Waals surface area contributed by atoms with Gasteiger partial charge in [0.1, 0.15) is 5.70 Å². The van der Waals surface area contributed by atoms with Crippen LogP contribution in [0.1, 0.15) is 29.3 Å². The quantitative estimate of drug-likeness (QED) is 0.121. The molecule has 0 aliphatic heterocycles. The molecule has 1 aromatic heterocycles. The third-order valence-electron chi connectivity index (χ3n) is 6.51. The highest BCUT2D eigenvalue weighted by molar-refractivity contribution is 8.00. The van der Waals surface area contributed by atoms with Crippen molar-refractivity contribution < 1.29 is 28.6 Å². The lowest BCUT2D eigenvalue weighted by Gasteiger charge is -2.16. The number of anilines is 2. The number of carbonyl (C=O) groups is 3. The average molecular weight is 627 g/mol. The molecule has 0 saturated carbocycles. The molecule has 4 aromatic rings. The number of aromatic nitrogens is 1. The first-order chi connectivity index (χ1) is 21.8. The molecule has 1 atom stereocenters. The van der Waals surface area contributed by atoms with E-state index in [1.807, 2.05) is 13.0 Å². The van der Waals surface area contributed by atoms with Crippen LogP contribution in [0.3, 0.4) is 0 Å².